The van der Waals surface area contributed by atoms with Gasteiger partial charge in [0.2, 0.25) is 11.9 Å². The van der Waals surface area contributed by atoms with Gasteiger partial charge in [-0.2, -0.15) is 10.1 Å². The smallest absolute Gasteiger partial charge is 0.226 e. The van der Waals surface area contributed by atoms with Gasteiger partial charge in [-0.3, -0.25) is 9.78 Å². The molecule has 0 radical (unpaired) electrons. The molecule has 180 valence electrons. The summed E-state index contributed by atoms with van der Waals surface area (Å²) >= 11 is 3.55. The number of nitrogens with zero attached hydrogens (tertiary/aromatic N) is 6. The van der Waals surface area contributed by atoms with Crippen molar-refractivity contribution in [2.75, 3.05) is 25.1 Å². The molecule has 0 bridgehead atoms. The SMILES string of the molecule is CC1COCCN1C(=O)[C@@H]1CC[C@@H](Nc2ncc3c(Br)nn(-c4ccc5ncccc5c4)c3n2)C1. The highest BCUT2D eigenvalue weighted by atomic mass is 79.9. The summed E-state index contributed by atoms with van der Waals surface area (Å²) < 4.78 is 8.00. The second-order valence-electron chi connectivity index (χ2n) is 9.32. The minimum atomic E-state index is 0.0302. The predicted octanol–water partition coefficient (Wildman–Crippen LogP) is 3.95. The fraction of sp³-hybridized carbons (Fsp3) is 0.400. The molecule has 35 heavy (non-hydrogen) atoms. The molecule has 4 heterocycles. The lowest BCUT2D eigenvalue weighted by Gasteiger charge is -2.35. The van der Waals surface area contributed by atoms with Crippen LogP contribution in [0.2, 0.25) is 0 Å². The van der Waals surface area contributed by atoms with Gasteiger partial charge in [0, 0.05) is 36.3 Å². The van der Waals surface area contributed by atoms with Gasteiger partial charge in [0.25, 0.3) is 0 Å². The van der Waals surface area contributed by atoms with Crippen LogP contribution < -0.4 is 5.32 Å². The van der Waals surface area contributed by atoms with Gasteiger partial charge in [-0.1, -0.05) is 6.07 Å². The number of amides is 1. The molecule has 1 N–H and O–H groups in total. The lowest BCUT2D eigenvalue weighted by molar-refractivity contribution is -0.143. The maximum atomic E-state index is 13.1. The predicted molar refractivity (Wildman–Crippen MR) is 136 cm³/mol. The third-order valence-electron chi connectivity index (χ3n) is 6.98. The van der Waals surface area contributed by atoms with Crippen molar-refractivity contribution in [3.8, 4) is 5.69 Å². The lowest BCUT2D eigenvalue weighted by Crippen LogP contribution is -2.49. The van der Waals surface area contributed by atoms with E-state index in [2.05, 4.69) is 49.3 Å². The molecule has 1 unspecified atom stereocenters. The molecule has 3 aromatic heterocycles. The first kappa shape index (κ1) is 22.4. The summed E-state index contributed by atoms with van der Waals surface area (Å²) in [7, 11) is 0. The van der Waals surface area contributed by atoms with Crippen molar-refractivity contribution in [3.63, 3.8) is 0 Å². The van der Waals surface area contributed by atoms with Crippen molar-refractivity contribution in [2.45, 2.75) is 38.3 Å². The summed E-state index contributed by atoms with van der Waals surface area (Å²) in [5.74, 6) is 0.823. The molecule has 1 amide bonds. The van der Waals surface area contributed by atoms with E-state index in [1.807, 2.05) is 33.8 Å². The first-order chi connectivity index (χ1) is 17.1. The zero-order valence-electron chi connectivity index (χ0n) is 19.4. The molecule has 9 nitrogen and oxygen atoms in total. The lowest BCUT2D eigenvalue weighted by atomic mass is 10.0. The number of benzene rings is 1. The summed E-state index contributed by atoms with van der Waals surface area (Å²) in [6.45, 7) is 3.97. The molecule has 10 heteroatoms. The minimum absolute atomic E-state index is 0.0302. The zero-order chi connectivity index (χ0) is 23.9. The van der Waals surface area contributed by atoms with Crippen molar-refractivity contribution in [1.82, 2.24) is 29.6 Å². The van der Waals surface area contributed by atoms with E-state index in [-0.39, 0.29) is 23.9 Å². The molecule has 1 saturated carbocycles. The van der Waals surface area contributed by atoms with Crippen molar-refractivity contribution in [3.05, 3.63) is 47.3 Å². The molecule has 4 aromatic rings. The molecular formula is C25H26BrN7O2. The Morgan fingerprint density at radius 1 is 1.23 bits per heavy atom. The number of hydrogen-bond acceptors (Lipinski definition) is 7. The number of carbonyl (C=O) groups is 1. The second-order valence-corrected chi connectivity index (χ2v) is 10.1. The Morgan fingerprint density at radius 3 is 3.03 bits per heavy atom. The topological polar surface area (TPSA) is 98.1 Å². The zero-order valence-corrected chi connectivity index (χ0v) is 21.0. The Kier molecular flexibility index (Phi) is 5.85. The third-order valence-corrected chi connectivity index (χ3v) is 7.56. The standard InChI is InChI=1S/C25H26BrN7O2/c1-15-14-35-10-9-32(15)24(34)17-4-5-18(11-17)29-25-28-13-20-22(26)31-33(23(20)30-25)19-6-7-21-16(12-19)3-2-8-27-21/h2-3,6-8,12-13,15,17-18H,4-5,9-11,14H2,1H3,(H,28,29,30)/t15?,17-,18-/m1/s1. The number of ether oxygens (including phenoxy) is 1. The highest BCUT2D eigenvalue weighted by molar-refractivity contribution is 9.10. The van der Waals surface area contributed by atoms with Crippen LogP contribution in [0.4, 0.5) is 5.95 Å². The fourth-order valence-corrected chi connectivity index (χ4v) is 5.56. The monoisotopic (exact) mass is 535 g/mol. The van der Waals surface area contributed by atoms with Gasteiger partial charge in [-0.15, -0.1) is 0 Å². The number of carbonyl (C=O) groups excluding carboxylic acids is 1. The normalized spacial score (nSPS) is 22.7. The number of aromatic nitrogens is 5. The average molecular weight is 536 g/mol. The van der Waals surface area contributed by atoms with Crippen LogP contribution in [-0.4, -0.2) is 67.4 Å². The Morgan fingerprint density at radius 2 is 2.14 bits per heavy atom. The van der Waals surface area contributed by atoms with Gasteiger partial charge in [-0.25, -0.2) is 9.67 Å². The number of fused-ring (bicyclic) bond motifs is 2. The first-order valence-corrected chi connectivity index (χ1v) is 12.8. The Bertz CT molecular complexity index is 1410. The molecule has 3 atom stereocenters. The molecular weight excluding hydrogens is 510 g/mol. The van der Waals surface area contributed by atoms with Crippen molar-refractivity contribution >= 4 is 49.7 Å². The minimum Gasteiger partial charge on any atom is -0.377 e. The number of pyridine rings is 1. The van der Waals surface area contributed by atoms with Crippen LogP contribution in [-0.2, 0) is 9.53 Å². The molecule has 1 aromatic carbocycles. The van der Waals surface area contributed by atoms with Crippen LogP contribution in [0.3, 0.4) is 0 Å². The molecule has 0 spiro atoms. The summed E-state index contributed by atoms with van der Waals surface area (Å²) in [5.41, 5.74) is 2.54. The van der Waals surface area contributed by atoms with E-state index in [9.17, 15) is 4.79 Å². The average Bonchev–Trinajstić information content (AvgIpc) is 3.48. The summed E-state index contributed by atoms with van der Waals surface area (Å²) in [4.78, 5) is 28.8. The highest BCUT2D eigenvalue weighted by Crippen LogP contribution is 2.31. The van der Waals surface area contributed by atoms with Gasteiger partial charge in [0.1, 0.15) is 4.60 Å². The van der Waals surface area contributed by atoms with E-state index in [1.165, 1.54) is 0 Å². The maximum Gasteiger partial charge on any atom is 0.226 e. The van der Waals surface area contributed by atoms with Crippen molar-refractivity contribution in [1.29, 1.82) is 0 Å². The molecule has 1 aliphatic heterocycles. The number of nitrogens with one attached hydrogen (secondary N) is 1. The van der Waals surface area contributed by atoms with E-state index < -0.39 is 0 Å². The number of rotatable bonds is 4. The second kappa shape index (κ2) is 9.16. The van der Waals surface area contributed by atoms with Crippen LogP contribution in [0.25, 0.3) is 27.6 Å². The quantitative estimate of drug-likeness (QED) is 0.422. The van der Waals surface area contributed by atoms with E-state index in [0.717, 1.165) is 41.2 Å². The summed E-state index contributed by atoms with van der Waals surface area (Å²) in [6.07, 6.45) is 6.14. The van der Waals surface area contributed by atoms with Crippen LogP contribution >= 0.6 is 15.9 Å². The van der Waals surface area contributed by atoms with Gasteiger partial charge in [0.15, 0.2) is 5.65 Å². The van der Waals surface area contributed by atoms with Crippen LogP contribution in [0.5, 0.6) is 0 Å². The van der Waals surface area contributed by atoms with Gasteiger partial charge in [-0.05, 0) is 66.4 Å². The van der Waals surface area contributed by atoms with Crippen molar-refractivity contribution in [2.24, 2.45) is 5.92 Å². The van der Waals surface area contributed by atoms with E-state index in [4.69, 9.17) is 9.72 Å². The van der Waals surface area contributed by atoms with E-state index in [0.29, 0.717) is 36.0 Å². The number of anilines is 1. The van der Waals surface area contributed by atoms with Crippen LogP contribution in [0.1, 0.15) is 26.2 Å². The first-order valence-electron chi connectivity index (χ1n) is 12.0. The van der Waals surface area contributed by atoms with Gasteiger partial charge in [0.05, 0.1) is 35.8 Å². The Labute approximate surface area is 211 Å². The van der Waals surface area contributed by atoms with Gasteiger partial charge >= 0.3 is 0 Å². The van der Waals surface area contributed by atoms with Crippen LogP contribution in [0, 0.1) is 5.92 Å². The molecule has 2 fully saturated rings. The highest BCUT2D eigenvalue weighted by Gasteiger charge is 2.35. The van der Waals surface area contributed by atoms with Crippen LogP contribution in [0.15, 0.2) is 47.3 Å². The Balaban J connectivity index is 1.22. The fourth-order valence-electron chi connectivity index (χ4n) is 5.12. The maximum absolute atomic E-state index is 13.1. The molecule has 1 saturated heterocycles. The third kappa shape index (κ3) is 4.25. The number of halogens is 1. The largest absolute Gasteiger partial charge is 0.377 e. The number of hydrogen-bond donors (Lipinski definition) is 1. The molecule has 2 aliphatic rings. The molecule has 6 rings (SSSR count). The number of morpholine rings is 1. The Hall–Kier alpha value is -3.11. The molecule has 1 aliphatic carbocycles. The van der Waals surface area contributed by atoms with Crippen molar-refractivity contribution < 1.29 is 9.53 Å². The van der Waals surface area contributed by atoms with E-state index in [1.54, 1.807) is 12.4 Å². The summed E-state index contributed by atoms with van der Waals surface area (Å²) in [6, 6.07) is 10.3. The van der Waals surface area contributed by atoms with E-state index >= 15 is 0 Å². The van der Waals surface area contributed by atoms with Gasteiger partial charge < -0.3 is 15.0 Å². The summed E-state index contributed by atoms with van der Waals surface area (Å²) in [5, 5.41) is 9.99.